The normalized spacial score (nSPS) is 13.4. The van der Waals surface area contributed by atoms with Crippen molar-refractivity contribution in [3.05, 3.63) is 106 Å². The smallest absolute Gasteiger partial charge is 0.339 e. The highest BCUT2D eigenvalue weighted by Gasteiger charge is 2.20. The van der Waals surface area contributed by atoms with E-state index in [1.54, 1.807) is 24.3 Å². The molecule has 28 heavy (non-hydrogen) atoms. The minimum atomic E-state index is -0.576. The minimum absolute atomic E-state index is 0.0642. The van der Waals surface area contributed by atoms with Gasteiger partial charge in [0.05, 0.1) is 11.1 Å². The van der Waals surface area contributed by atoms with Crippen molar-refractivity contribution < 1.29 is 19.1 Å². The van der Waals surface area contributed by atoms with Crippen LogP contribution in [0.5, 0.6) is 0 Å². The summed E-state index contributed by atoms with van der Waals surface area (Å²) >= 11 is 0. The average molecular weight is 368 g/mol. The van der Waals surface area contributed by atoms with Crippen LogP contribution in [0.15, 0.2) is 72.8 Å². The first-order valence-electron chi connectivity index (χ1n) is 8.83. The van der Waals surface area contributed by atoms with E-state index in [0.29, 0.717) is 0 Å². The highest BCUT2D eigenvalue weighted by Crippen LogP contribution is 2.17. The van der Waals surface area contributed by atoms with Crippen LogP contribution in [0.4, 0.5) is 0 Å². The zero-order chi connectivity index (χ0) is 19.3. The molecule has 0 N–H and O–H groups in total. The molecule has 0 atom stereocenters. The molecule has 0 saturated carbocycles. The van der Waals surface area contributed by atoms with Gasteiger partial charge >= 0.3 is 11.9 Å². The van der Waals surface area contributed by atoms with Crippen LogP contribution < -0.4 is 0 Å². The molecule has 4 nitrogen and oxygen atoms in total. The molecule has 4 heteroatoms. The monoisotopic (exact) mass is 368 g/mol. The summed E-state index contributed by atoms with van der Waals surface area (Å²) in [4.78, 5) is 25.1. The molecule has 4 rings (SSSR count). The number of hydrogen-bond acceptors (Lipinski definition) is 4. The van der Waals surface area contributed by atoms with Crippen LogP contribution >= 0.6 is 0 Å². The van der Waals surface area contributed by atoms with E-state index in [4.69, 9.17) is 9.47 Å². The Kier molecular flexibility index (Phi) is 4.90. The van der Waals surface area contributed by atoms with E-state index in [9.17, 15) is 9.59 Å². The van der Waals surface area contributed by atoms with Gasteiger partial charge in [-0.3, -0.25) is 0 Å². The van der Waals surface area contributed by atoms with E-state index >= 15 is 0 Å². The van der Waals surface area contributed by atoms with Gasteiger partial charge in [0.1, 0.15) is 13.2 Å². The van der Waals surface area contributed by atoms with E-state index in [2.05, 4.69) is 11.8 Å². The van der Waals surface area contributed by atoms with Crippen molar-refractivity contribution in [3.8, 4) is 11.8 Å². The zero-order valence-corrected chi connectivity index (χ0v) is 15.0. The Balaban J connectivity index is 1.81. The number of carbonyl (C=O) groups is 2. The van der Waals surface area contributed by atoms with Crippen molar-refractivity contribution in [2.24, 2.45) is 0 Å². The molecule has 3 aromatic carbocycles. The maximum absolute atomic E-state index is 12.6. The molecule has 0 radical (unpaired) electrons. The topological polar surface area (TPSA) is 52.6 Å². The molecule has 1 aliphatic rings. The predicted molar refractivity (Wildman–Crippen MR) is 104 cm³/mol. The van der Waals surface area contributed by atoms with E-state index in [1.165, 1.54) is 0 Å². The quantitative estimate of drug-likeness (QED) is 0.443. The second-order valence-electron chi connectivity index (χ2n) is 6.26. The highest BCUT2D eigenvalue weighted by atomic mass is 16.5. The fourth-order valence-electron chi connectivity index (χ4n) is 2.95. The fraction of sp³-hybridized carbons (Fsp3) is 0.0833. The van der Waals surface area contributed by atoms with Crippen molar-refractivity contribution in [2.75, 3.05) is 0 Å². The van der Waals surface area contributed by atoms with E-state index < -0.39 is 11.9 Å². The summed E-state index contributed by atoms with van der Waals surface area (Å²) in [5, 5.41) is 0. The molecule has 0 aliphatic carbocycles. The minimum Gasteiger partial charge on any atom is -0.457 e. The predicted octanol–water partition coefficient (Wildman–Crippen LogP) is 4.11. The molecule has 136 valence electrons. The number of cyclic esters (lactones) is 2. The van der Waals surface area contributed by atoms with Crippen LogP contribution in [0.25, 0.3) is 0 Å². The Bertz CT molecular complexity index is 1030. The maximum Gasteiger partial charge on any atom is 0.339 e. The summed E-state index contributed by atoms with van der Waals surface area (Å²) in [5.41, 5.74) is 3.54. The molecule has 0 spiro atoms. The van der Waals surface area contributed by atoms with Gasteiger partial charge in [-0.2, -0.15) is 0 Å². The van der Waals surface area contributed by atoms with Gasteiger partial charge in [0.25, 0.3) is 0 Å². The first-order valence-corrected chi connectivity index (χ1v) is 8.83. The van der Waals surface area contributed by atoms with Gasteiger partial charge < -0.3 is 9.47 Å². The lowest BCUT2D eigenvalue weighted by Gasteiger charge is -2.12. The van der Waals surface area contributed by atoms with Crippen molar-refractivity contribution in [3.63, 3.8) is 0 Å². The summed E-state index contributed by atoms with van der Waals surface area (Å²) in [6, 6.07) is 21.5. The molecular formula is C24H16O4. The lowest BCUT2D eigenvalue weighted by atomic mass is 10.0. The van der Waals surface area contributed by atoms with Crippen molar-refractivity contribution in [1.29, 1.82) is 0 Å². The molecule has 1 heterocycles. The molecule has 0 amide bonds. The fourth-order valence-corrected chi connectivity index (χ4v) is 2.95. The van der Waals surface area contributed by atoms with Crippen LogP contribution in [0.3, 0.4) is 0 Å². The molecule has 3 aromatic rings. The second-order valence-corrected chi connectivity index (χ2v) is 6.26. The van der Waals surface area contributed by atoms with Gasteiger partial charge in [-0.05, 0) is 24.3 Å². The Morgan fingerprint density at radius 3 is 1.43 bits per heavy atom. The molecule has 1 aliphatic heterocycles. The largest absolute Gasteiger partial charge is 0.457 e. The van der Waals surface area contributed by atoms with Crippen LogP contribution in [0, 0.1) is 11.8 Å². The number of rotatable bonds is 0. The van der Waals surface area contributed by atoms with E-state index in [1.807, 2.05) is 48.5 Å². The van der Waals surface area contributed by atoms with Gasteiger partial charge in [0.2, 0.25) is 0 Å². The Morgan fingerprint density at radius 1 is 0.571 bits per heavy atom. The van der Waals surface area contributed by atoms with Crippen LogP contribution in [-0.4, -0.2) is 11.9 Å². The molecule has 0 fully saturated rings. The number of esters is 2. The van der Waals surface area contributed by atoms with E-state index in [-0.39, 0.29) is 24.3 Å². The highest BCUT2D eigenvalue weighted by molar-refractivity contribution is 6.03. The molecule has 0 unspecified atom stereocenters. The zero-order valence-electron chi connectivity index (χ0n) is 15.0. The van der Waals surface area contributed by atoms with Gasteiger partial charge in [-0.25, -0.2) is 9.59 Å². The number of benzene rings is 3. The summed E-state index contributed by atoms with van der Waals surface area (Å²) in [7, 11) is 0. The van der Waals surface area contributed by atoms with Crippen molar-refractivity contribution >= 4 is 11.9 Å². The third kappa shape index (κ3) is 3.65. The van der Waals surface area contributed by atoms with Crippen molar-refractivity contribution in [1.82, 2.24) is 0 Å². The third-order valence-corrected chi connectivity index (χ3v) is 4.45. The summed E-state index contributed by atoms with van der Waals surface area (Å²) in [6.45, 7) is 0.128. The Morgan fingerprint density at radius 2 is 0.964 bits per heavy atom. The summed E-state index contributed by atoms with van der Waals surface area (Å²) < 4.78 is 10.9. The van der Waals surface area contributed by atoms with Gasteiger partial charge in [-0.1, -0.05) is 60.4 Å². The SMILES string of the molecule is O=C1OCc2ccccc2C#Cc2ccccc2COC(=O)c2ccccc21. The van der Waals surface area contributed by atoms with Crippen LogP contribution in [0.2, 0.25) is 0 Å². The first-order chi connectivity index (χ1) is 13.7. The molecule has 0 saturated heterocycles. The molecule has 0 bridgehead atoms. The van der Waals surface area contributed by atoms with Gasteiger partial charge in [0, 0.05) is 22.3 Å². The maximum atomic E-state index is 12.6. The summed E-state index contributed by atoms with van der Waals surface area (Å²) in [5.74, 6) is 5.12. The first kappa shape index (κ1) is 17.6. The third-order valence-electron chi connectivity index (χ3n) is 4.45. The number of hydrogen-bond donors (Lipinski definition) is 0. The van der Waals surface area contributed by atoms with Gasteiger partial charge in [-0.15, -0.1) is 0 Å². The molecule has 0 aromatic heterocycles. The Labute approximate surface area is 162 Å². The van der Waals surface area contributed by atoms with Gasteiger partial charge in [0.15, 0.2) is 0 Å². The number of ether oxygens (including phenoxy) is 2. The van der Waals surface area contributed by atoms with Crippen molar-refractivity contribution in [2.45, 2.75) is 13.2 Å². The Hall–Kier alpha value is -3.84. The number of carbonyl (C=O) groups excluding carboxylic acids is 2. The average Bonchev–Trinajstić information content (AvgIpc) is 2.75. The van der Waals surface area contributed by atoms with Crippen LogP contribution in [-0.2, 0) is 22.7 Å². The molecular weight excluding hydrogens is 352 g/mol. The van der Waals surface area contributed by atoms with Crippen LogP contribution in [0.1, 0.15) is 43.0 Å². The summed E-state index contributed by atoms with van der Waals surface area (Å²) in [6.07, 6.45) is 0. The lowest BCUT2D eigenvalue weighted by molar-refractivity contribution is 0.0425. The van der Waals surface area contributed by atoms with E-state index in [0.717, 1.165) is 22.3 Å². The second kappa shape index (κ2) is 7.81. The standard InChI is InChI=1S/C24H16O4/c25-23-21-11-5-6-12-22(21)24(26)28-16-20-10-4-2-8-18(20)14-13-17-7-1-3-9-19(17)15-27-23/h1-12H,15-16H2. The number of fused-ring (bicyclic) bond motifs is 3. The lowest BCUT2D eigenvalue weighted by Crippen LogP contribution is -2.14.